The van der Waals surface area contributed by atoms with Crippen LogP contribution in [0.2, 0.25) is 0 Å². The highest BCUT2D eigenvalue weighted by Crippen LogP contribution is 2.30. The van der Waals surface area contributed by atoms with Crippen molar-refractivity contribution in [2.75, 3.05) is 19.6 Å². The Balaban J connectivity index is 1.46. The van der Waals surface area contributed by atoms with Crippen molar-refractivity contribution in [3.8, 4) is 17.2 Å². The topological polar surface area (TPSA) is 54.9 Å². The summed E-state index contributed by atoms with van der Waals surface area (Å²) in [6.45, 7) is 2.78. The maximum absolute atomic E-state index is 14.8. The molecule has 0 unspecified atom stereocenters. The van der Waals surface area contributed by atoms with Crippen LogP contribution in [0.3, 0.4) is 0 Å². The van der Waals surface area contributed by atoms with E-state index in [1.807, 2.05) is 24.3 Å². The molecule has 0 spiro atoms. The fourth-order valence-corrected chi connectivity index (χ4v) is 4.44. The highest BCUT2D eigenvalue weighted by Gasteiger charge is 2.25. The van der Waals surface area contributed by atoms with Crippen LogP contribution in [0.25, 0.3) is 22.0 Å². The number of hydrogen-bond donors (Lipinski definition) is 2. The van der Waals surface area contributed by atoms with Gasteiger partial charge in [-0.05, 0) is 53.1 Å². The molecule has 160 valence electrons. The molecule has 1 fully saturated rings. The molecule has 6 heteroatoms. The molecule has 2 N–H and O–H groups in total. The van der Waals surface area contributed by atoms with Crippen LogP contribution < -0.4 is 5.32 Å². The predicted octanol–water partition coefficient (Wildman–Crippen LogP) is 5.13. The summed E-state index contributed by atoms with van der Waals surface area (Å²) in [6, 6.07) is 19.8. The number of aromatic nitrogens is 1. The van der Waals surface area contributed by atoms with Crippen LogP contribution in [0, 0.1) is 23.0 Å². The summed E-state index contributed by atoms with van der Waals surface area (Å²) in [5, 5.41) is 13.6. The van der Waals surface area contributed by atoms with Gasteiger partial charge in [-0.2, -0.15) is 5.26 Å². The Bertz CT molecular complexity index is 1300. The molecule has 32 heavy (non-hydrogen) atoms. The standard InChI is InChI=1S/C26H22F2N4/c27-22-5-1-17(2-6-22)26-15-30-9-10-32(26)16-20-11-18(3-7-24(20)28)19-4-8-25-23(12-19)21(13-29)14-31-25/h1-8,11-12,14,26,30-31H,9-10,15-16H2/t26-/m1/s1. The highest BCUT2D eigenvalue weighted by molar-refractivity contribution is 5.89. The van der Waals surface area contributed by atoms with Crippen molar-refractivity contribution < 1.29 is 8.78 Å². The minimum absolute atomic E-state index is 0.0433. The molecular weight excluding hydrogens is 406 g/mol. The third-order valence-electron chi connectivity index (χ3n) is 6.16. The summed E-state index contributed by atoms with van der Waals surface area (Å²) in [7, 11) is 0. The molecule has 0 radical (unpaired) electrons. The number of rotatable bonds is 4. The van der Waals surface area contributed by atoms with E-state index in [-0.39, 0.29) is 17.7 Å². The Labute approximate surface area is 185 Å². The van der Waals surface area contributed by atoms with Gasteiger partial charge in [0.1, 0.15) is 17.7 Å². The monoisotopic (exact) mass is 428 g/mol. The number of nitrogens with one attached hydrogen (secondary N) is 2. The maximum Gasteiger partial charge on any atom is 0.127 e. The fraction of sp³-hybridized carbons (Fsp3) is 0.192. The molecule has 4 aromatic rings. The van der Waals surface area contributed by atoms with Gasteiger partial charge in [-0.25, -0.2) is 8.78 Å². The minimum Gasteiger partial charge on any atom is -0.360 e. The number of nitrogens with zero attached hydrogens (tertiary/aromatic N) is 2. The maximum atomic E-state index is 14.8. The summed E-state index contributed by atoms with van der Waals surface area (Å²) in [4.78, 5) is 5.33. The first-order valence-electron chi connectivity index (χ1n) is 10.6. The van der Waals surface area contributed by atoms with E-state index in [1.54, 1.807) is 24.4 Å². The number of hydrogen-bond acceptors (Lipinski definition) is 3. The lowest BCUT2D eigenvalue weighted by molar-refractivity contribution is 0.152. The zero-order valence-electron chi connectivity index (χ0n) is 17.4. The number of fused-ring (bicyclic) bond motifs is 1. The van der Waals surface area contributed by atoms with Gasteiger partial charge in [0.05, 0.1) is 5.56 Å². The summed E-state index contributed by atoms with van der Waals surface area (Å²) < 4.78 is 28.2. The van der Waals surface area contributed by atoms with Crippen LogP contribution in [-0.2, 0) is 6.54 Å². The van der Waals surface area contributed by atoms with Gasteiger partial charge in [0, 0.05) is 54.9 Å². The molecule has 1 aliphatic rings. The van der Waals surface area contributed by atoms with Crippen molar-refractivity contribution >= 4 is 10.9 Å². The molecule has 0 bridgehead atoms. The van der Waals surface area contributed by atoms with Crippen LogP contribution >= 0.6 is 0 Å². The van der Waals surface area contributed by atoms with E-state index in [1.165, 1.54) is 18.2 Å². The van der Waals surface area contributed by atoms with Gasteiger partial charge in [-0.15, -0.1) is 0 Å². The number of benzene rings is 3. The molecule has 0 amide bonds. The van der Waals surface area contributed by atoms with Gasteiger partial charge >= 0.3 is 0 Å². The quantitative estimate of drug-likeness (QED) is 0.474. The van der Waals surface area contributed by atoms with Crippen LogP contribution in [0.4, 0.5) is 8.78 Å². The highest BCUT2D eigenvalue weighted by atomic mass is 19.1. The van der Waals surface area contributed by atoms with Crippen LogP contribution in [-0.4, -0.2) is 29.5 Å². The fourth-order valence-electron chi connectivity index (χ4n) is 4.44. The van der Waals surface area contributed by atoms with E-state index < -0.39 is 0 Å². The molecule has 3 aromatic carbocycles. The lowest BCUT2D eigenvalue weighted by atomic mass is 9.99. The molecule has 2 heterocycles. The van der Waals surface area contributed by atoms with Crippen molar-refractivity contribution in [1.29, 1.82) is 5.26 Å². The Morgan fingerprint density at radius 2 is 1.78 bits per heavy atom. The van der Waals surface area contributed by atoms with Gasteiger partial charge in [-0.3, -0.25) is 4.90 Å². The van der Waals surface area contributed by atoms with Crippen molar-refractivity contribution in [3.05, 3.63) is 95.2 Å². The summed E-state index contributed by atoms with van der Waals surface area (Å²) >= 11 is 0. The average Bonchev–Trinajstić information content (AvgIpc) is 3.24. The molecule has 1 saturated heterocycles. The third-order valence-corrected chi connectivity index (χ3v) is 6.16. The summed E-state index contributed by atoms with van der Waals surface area (Å²) in [6.07, 6.45) is 1.70. The van der Waals surface area contributed by atoms with Gasteiger partial charge in [0.25, 0.3) is 0 Å². The Kier molecular flexibility index (Phi) is 5.44. The number of H-pyrrole nitrogens is 1. The van der Waals surface area contributed by atoms with Crippen molar-refractivity contribution in [3.63, 3.8) is 0 Å². The molecule has 4 nitrogen and oxygen atoms in total. The smallest absolute Gasteiger partial charge is 0.127 e. The molecule has 1 atom stereocenters. The number of nitriles is 1. The van der Waals surface area contributed by atoms with E-state index in [9.17, 15) is 14.0 Å². The molecule has 0 saturated carbocycles. The number of piperazine rings is 1. The Morgan fingerprint density at radius 1 is 1.00 bits per heavy atom. The Morgan fingerprint density at radius 3 is 2.59 bits per heavy atom. The zero-order valence-corrected chi connectivity index (χ0v) is 17.4. The van der Waals surface area contributed by atoms with E-state index in [4.69, 9.17) is 0 Å². The SMILES string of the molecule is N#Cc1c[nH]c2ccc(-c3ccc(F)c(CN4CCNC[C@@H]4c4ccc(F)cc4)c3)cc12. The second-order valence-corrected chi connectivity index (χ2v) is 8.12. The summed E-state index contributed by atoms with van der Waals surface area (Å²) in [5.74, 6) is -0.507. The molecule has 1 aromatic heterocycles. The van der Waals surface area contributed by atoms with E-state index in [0.29, 0.717) is 17.7 Å². The largest absolute Gasteiger partial charge is 0.360 e. The summed E-state index contributed by atoms with van der Waals surface area (Å²) in [5.41, 5.74) is 4.96. The first kappa shape index (κ1) is 20.4. The second-order valence-electron chi connectivity index (χ2n) is 8.12. The number of halogens is 2. The van der Waals surface area contributed by atoms with E-state index in [2.05, 4.69) is 21.3 Å². The van der Waals surface area contributed by atoms with E-state index >= 15 is 0 Å². The minimum atomic E-state index is -0.262. The normalized spacial score (nSPS) is 16.8. The van der Waals surface area contributed by atoms with Crippen LogP contribution in [0.1, 0.15) is 22.7 Å². The van der Waals surface area contributed by atoms with E-state index in [0.717, 1.165) is 47.2 Å². The van der Waals surface area contributed by atoms with Gasteiger partial charge in [0.2, 0.25) is 0 Å². The molecular formula is C26H22F2N4. The molecule has 0 aliphatic carbocycles. The molecule has 5 rings (SSSR count). The lowest BCUT2D eigenvalue weighted by Gasteiger charge is -2.36. The van der Waals surface area contributed by atoms with Crippen molar-refractivity contribution in [2.24, 2.45) is 0 Å². The van der Waals surface area contributed by atoms with Crippen LogP contribution in [0.5, 0.6) is 0 Å². The van der Waals surface area contributed by atoms with Gasteiger partial charge in [-0.1, -0.05) is 24.3 Å². The first-order valence-corrected chi connectivity index (χ1v) is 10.6. The Hall–Kier alpha value is -3.53. The molecule has 1 aliphatic heterocycles. The lowest BCUT2D eigenvalue weighted by Crippen LogP contribution is -2.45. The second kappa shape index (κ2) is 8.54. The van der Waals surface area contributed by atoms with Crippen molar-refractivity contribution in [2.45, 2.75) is 12.6 Å². The first-order chi connectivity index (χ1) is 15.6. The average molecular weight is 428 g/mol. The predicted molar refractivity (Wildman–Crippen MR) is 121 cm³/mol. The van der Waals surface area contributed by atoms with Crippen molar-refractivity contribution in [1.82, 2.24) is 15.2 Å². The van der Waals surface area contributed by atoms with Gasteiger partial charge < -0.3 is 10.3 Å². The zero-order chi connectivity index (χ0) is 22.1. The van der Waals surface area contributed by atoms with Crippen LogP contribution in [0.15, 0.2) is 66.9 Å². The number of aromatic amines is 1. The van der Waals surface area contributed by atoms with Gasteiger partial charge in [0.15, 0.2) is 0 Å². The third kappa shape index (κ3) is 3.89.